The van der Waals surface area contributed by atoms with Crippen LogP contribution in [0.25, 0.3) is 0 Å². The largest absolute Gasteiger partial charge is 0.452 e. The number of hydrogen-bond donors (Lipinski definition) is 1. The summed E-state index contributed by atoms with van der Waals surface area (Å²) < 4.78 is 17.9. The molecule has 1 aromatic rings. The zero-order chi connectivity index (χ0) is 12.1. The highest BCUT2D eigenvalue weighted by molar-refractivity contribution is 9.10. The number of esters is 1. The molecular formula is C10H9BrFNO3. The summed E-state index contributed by atoms with van der Waals surface area (Å²) in [5.41, 5.74) is 0.0453. The molecule has 0 bridgehead atoms. The van der Waals surface area contributed by atoms with Gasteiger partial charge in [0.2, 0.25) is 0 Å². The summed E-state index contributed by atoms with van der Waals surface area (Å²) in [6.45, 7) is -0.391. The third-order valence-electron chi connectivity index (χ3n) is 1.76. The third-order valence-corrected chi connectivity index (χ3v) is 2.45. The fourth-order valence-electron chi connectivity index (χ4n) is 0.935. The zero-order valence-corrected chi connectivity index (χ0v) is 10.0. The van der Waals surface area contributed by atoms with Gasteiger partial charge >= 0.3 is 5.97 Å². The van der Waals surface area contributed by atoms with Crippen LogP contribution < -0.4 is 5.32 Å². The minimum atomic E-state index is -0.755. The maximum Gasteiger partial charge on any atom is 0.339 e. The smallest absolute Gasteiger partial charge is 0.339 e. The molecule has 0 heterocycles. The molecule has 0 aliphatic rings. The molecule has 1 N–H and O–H groups in total. The van der Waals surface area contributed by atoms with E-state index >= 15 is 0 Å². The number of carbonyl (C=O) groups is 2. The first-order chi connectivity index (χ1) is 7.54. The zero-order valence-electron chi connectivity index (χ0n) is 8.42. The highest BCUT2D eigenvalue weighted by atomic mass is 79.9. The van der Waals surface area contributed by atoms with Crippen LogP contribution in [0.2, 0.25) is 0 Å². The van der Waals surface area contributed by atoms with Crippen LogP contribution in [0.15, 0.2) is 22.7 Å². The van der Waals surface area contributed by atoms with Crippen LogP contribution in [-0.2, 0) is 9.53 Å². The molecule has 1 rings (SSSR count). The van der Waals surface area contributed by atoms with Gasteiger partial charge in [-0.2, -0.15) is 0 Å². The Bertz CT molecular complexity index is 423. The molecular weight excluding hydrogens is 281 g/mol. The van der Waals surface area contributed by atoms with Crippen molar-refractivity contribution in [2.45, 2.75) is 0 Å². The van der Waals surface area contributed by atoms with Gasteiger partial charge in [0.25, 0.3) is 5.91 Å². The van der Waals surface area contributed by atoms with Crippen LogP contribution in [0, 0.1) is 5.82 Å². The van der Waals surface area contributed by atoms with Gasteiger partial charge in [-0.05, 0) is 34.1 Å². The molecule has 1 aromatic carbocycles. The normalized spacial score (nSPS) is 9.69. The fraction of sp³-hybridized carbons (Fsp3) is 0.200. The Labute approximate surface area is 99.9 Å². The van der Waals surface area contributed by atoms with Crippen molar-refractivity contribution in [3.63, 3.8) is 0 Å². The van der Waals surface area contributed by atoms with Gasteiger partial charge in [0.1, 0.15) is 5.82 Å². The number of amides is 1. The summed E-state index contributed by atoms with van der Waals surface area (Å²) in [7, 11) is 1.42. The molecule has 0 unspecified atom stereocenters. The highest BCUT2D eigenvalue weighted by Gasteiger charge is 2.13. The first kappa shape index (κ1) is 12.6. The van der Waals surface area contributed by atoms with E-state index in [0.717, 1.165) is 6.07 Å². The molecule has 0 aliphatic carbocycles. The van der Waals surface area contributed by atoms with Crippen LogP contribution in [-0.4, -0.2) is 25.5 Å². The minimum absolute atomic E-state index is 0.0453. The van der Waals surface area contributed by atoms with Crippen molar-refractivity contribution < 1.29 is 18.7 Å². The van der Waals surface area contributed by atoms with Crippen LogP contribution in [0.3, 0.4) is 0 Å². The average molecular weight is 290 g/mol. The Kier molecular flexibility index (Phi) is 4.42. The molecule has 0 saturated heterocycles. The number of hydrogen-bond acceptors (Lipinski definition) is 3. The Morgan fingerprint density at radius 2 is 2.19 bits per heavy atom. The molecule has 0 fully saturated rings. The van der Waals surface area contributed by atoms with E-state index in [1.807, 2.05) is 0 Å². The lowest BCUT2D eigenvalue weighted by Gasteiger charge is -2.05. The maximum absolute atomic E-state index is 12.9. The number of likely N-dealkylation sites (N-methyl/N-ethyl adjacent to an activating group) is 1. The topological polar surface area (TPSA) is 55.4 Å². The van der Waals surface area contributed by atoms with Gasteiger partial charge in [0.15, 0.2) is 6.61 Å². The molecule has 1 amide bonds. The van der Waals surface area contributed by atoms with Crippen molar-refractivity contribution in [3.8, 4) is 0 Å². The number of benzene rings is 1. The molecule has 86 valence electrons. The van der Waals surface area contributed by atoms with Crippen molar-refractivity contribution in [2.75, 3.05) is 13.7 Å². The summed E-state index contributed by atoms with van der Waals surface area (Å²) in [6.07, 6.45) is 0. The van der Waals surface area contributed by atoms with E-state index in [9.17, 15) is 14.0 Å². The lowest BCUT2D eigenvalue weighted by molar-refractivity contribution is -0.123. The molecule has 0 radical (unpaired) electrons. The SMILES string of the molecule is CNC(=O)COC(=O)c1cc(F)ccc1Br. The van der Waals surface area contributed by atoms with Crippen molar-refractivity contribution in [1.82, 2.24) is 5.32 Å². The number of ether oxygens (including phenoxy) is 1. The quantitative estimate of drug-likeness (QED) is 0.858. The van der Waals surface area contributed by atoms with Crippen molar-refractivity contribution in [1.29, 1.82) is 0 Å². The molecule has 4 nitrogen and oxygen atoms in total. The summed E-state index contributed by atoms with van der Waals surface area (Å²) >= 11 is 3.09. The summed E-state index contributed by atoms with van der Waals surface area (Å²) in [6, 6.07) is 3.64. The van der Waals surface area contributed by atoms with Crippen molar-refractivity contribution >= 4 is 27.8 Å². The summed E-state index contributed by atoms with van der Waals surface area (Å²) in [4.78, 5) is 22.3. The van der Waals surface area contributed by atoms with Gasteiger partial charge in [-0.25, -0.2) is 9.18 Å². The van der Waals surface area contributed by atoms with E-state index in [-0.39, 0.29) is 5.56 Å². The number of halogens is 2. The molecule has 6 heteroatoms. The van der Waals surface area contributed by atoms with Crippen molar-refractivity contribution in [2.24, 2.45) is 0 Å². The van der Waals surface area contributed by atoms with E-state index in [4.69, 9.17) is 0 Å². The van der Waals surface area contributed by atoms with Gasteiger partial charge in [0, 0.05) is 11.5 Å². The van der Waals surface area contributed by atoms with Gasteiger partial charge in [-0.15, -0.1) is 0 Å². The lowest BCUT2D eigenvalue weighted by Crippen LogP contribution is -2.25. The minimum Gasteiger partial charge on any atom is -0.452 e. The predicted molar refractivity (Wildman–Crippen MR) is 58.4 cm³/mol. The number of nitrogens with one attached hydrogen (secondary N) is 1. The molecule has 0 spiro atoms. The molecule has 0 aromatic heterocycles. The summed E-state index contributed by atoms with van der Waals surface area (Å²) in [5.74, 6) is -1.73. The number of rotatable bonds is 3. The van der Waals surface area contributed by atoms with Gasteiger partial charge in [-0.1, -0.05) is 0 Å². The molecule has 0 aliphatic heterocycles. The van der Waals surface area contributed by atoms with E-state index in [1.165, 1.54) is 19.2 Å². The predicted octanol–water partition coefficient (Wildman–Crippen LogP) is 1.49. The van der Waals surface area contributed by atoms with Crippen LogP contribution in [0.5, 0.6) is 0 Å². The van der Waals surface area contributed by atoms with Gasteiger partial charge in [-0.3, -0.25) is 4.79 Å². The molecule has 0 atom stereocenters. The molecule has 0 saturated carbocycles. The highest BCUT2D eigenvalue weighted by Crippen LogP contribution is 2.18. The van der Waals surface area contributed by atoms with Gasteiger partial charge in [0.05, 0.1) is 5.56 Å². The van der Waals surface area contributed by atoms with Crippen LogP contribution >= 0.6 is 15.9 Å². The Balaban J connectivity index is 2.73. The number of carbonyl (C=O) groups excluding carboxylic acids is 2. The van der Waals surface area contributed by atoms with Crippen LogP contribution in [0.4, 0.5) is 4.39 Å². The van der Waals surface area contributed by atoms with E-state index in [1.54, 1.807) is 0 Å². The maximum atomic E-state index is 12.9. The van der Waals surface area contributed by atoms with Crippen LogP contribution in [0.1, 0.15) is 10.4 Å². The first-order valence-electron chi connectivity index (χ1n) is 4.37. The second-order valence-electron chi connectivity index (χ2n) is 2.87. The average Bonchev–Trinajstić information content (AvgIpc) is 2.28. The van der Waals surface area contributed by atoms with Gasteiger partial charge < -0.3 is 10.1 Å². The third kappa shape index (κ3) is 3.30. The Morgan fingerprint density at radius 3 is 2.81 bits per heavy atom. The lowest BCUT2D eigenvalue weighted by atomic mass is 10.2. The fourth-order valence-corrected chi connectivity index (χ4v) is 1.34. The first-order valence-corrected chi connectivity index (χ1v) is 5.16. The van der Waals surface area contributed by atoms with E-state index in [0.29, 0.717) is 4.47 Å². The van der Waals surface area contributed by atoms with E-state index < -0.39 is 24.3 Å². The second-order valence-corrected chi connectivity index (χ2v) is 3.73. The second kappa shape index (κ2) is 5.60. The molecule has 16 heavy (non-hydrogen) atoms. The van der Waals surface area contributed by atoms with E-state index in [2.05, 4.69) is 26.0 Å². The summed E-state index contributed by atoms with van der Waals surface area (Å²) in [5, 5.41) is 2.30. The van der Waals surface area contributed by atoms with Crippen molar-refractivity contribution in [3.05, 3.63) is 34.1 Å². The monoisotopic (exact) mass is 289 g/mol. The standard InChI is InChI=1S/C10H9BrFNO3/c1-13-9(14)5-16-10(15)7-4-6(12)2-3-8(7)11/h2-4H,5H2,1H3,(H,13,14). The Hall–Kier alpha value is -1.43. The Morgan fingerprint density at radius 1 is 1.50 bits per heavy atom.